The molecule has 2 rings (SSSR count). The van der Waals surface area contributed by atoms with E-state index in [1.54, 1.807) is 49.6 Å². The molecule has 0 saturated heterocycles. The lowest BCUT2D eigenvalue weighted by Gasteiger charge is -2.21. The van der Waals surface area contributed by atoms with Gasteiger partial charge in [-0.15, -0.1) is 0 Å². The minimum atomic E-state index is -0.322. The van der Waals surface area contributed by atoms with Crippen molar-refractivity contribution >= 4 is 23.2 Å². The number of benzene rings is 2. The Kier molecular flexibility index (Phi) is 5.78. The highest BCUT2D eigenvalue weighted by Crippen LogP contribution is 2.24. The van der Waals surface area contributed by atoms with Gasteiger partial charge in [-0.2, -0.15) is 0 Å². The van der Waals surface area contributed by atoms with Crippen LogP contribution < -0.4 is 19.7 Å². The molecule has 0 bridgehead atoms. The fraction of sp³-hybridized carbons (Fsp3) is 0.222. The highest BCUT2D eigenvalue weighted by molar-refractivity contribution is 6.02. The van der Waals surface area contributed by atoms with Crippen LogP contribution in [0.2, 0.25) is 0 Å². The van der Waals surface area contributed by atoms with Crippen LogP contribution in [0.15, 0.2) is 48.5 Å². The second kappa shape index (κ2) is 8.01. The number of hydrogen-bond donors (Lipinski definition) is 1. The normalized spacial score (nSPS) is 9.96. The number of ether oxygens (including phenoxy) is 2. The largest absolute Gasteiger partial charge is 0.497 e. The number of rotatable bonds is 6. The summed E-state index contributed by atoms with van der Waals surface area (Å²) in [7, 11) is 3.08. The molecule has 0 saturated carbocycles. The second-order valence-corrected chi connectivity index (χ2v) is 5.06. The summed E-state index contributed by atoms with van der Waals surface area (Å²) in [5, 5.41) is 2.76. The third-order valence-electron chi connectivity index (χ3n) is 3.43. The number of nitrogens with one attached hydrogen (secondary N) is 1. The van der Waals surface area contributed by atoms with Gasteiger partial charge in [-0.25, -0.2) is 0 Å². The number of para-hydroxylation sites is 2. The van der Waals surface area contributed by atoms with Gasteiger partial charge < -0.3 is 19.7 Å². The predicted molar refractivity (Wildman–Crippen MR) is 92.6 cm³/mol. The van der Waals surface area contributed by atoms with Crippen molar-refractivity contribution in [2.45, 2.75) is 6.92 Å². The molecule has 0 heterocycles. The van der Waals surface area contributed by atoms with Gasteiger partial charge in [-0.1, -0.05) is 18.2 Å². The molecule has 0 aliphatic heterocycles. The van der Waals surface area contributed by atoms with Crippen molar-refractivity contribution in [3.05, 3.63) is 48.5 Å². The quantitative estimate of drug-likeness (QED) is 0.885. The van der Waals surface area contributed by atoms with Crippen molar-refractivity contribution in [1.82, 2.24) is 0 Å². The molecular weight excluding hydrogens is 308 g/mol. The highest BCUT2D eigenvalue weighted by atomic mass is 16.5. The summed E-state index contributed by atoms with van der Waals surface area (Å²) < 4.78 is 10.4. The predicted octanol–water partition coefficient (Wildman–Crippen LogP) is 2.70. The first-order chi connectivity index (χ1) is 11.5. The molecule has 0 aliphatic rings. The molecule has 126 valence electrons. The molecule has 0 radical (unpaired) electrons. The molecule has 6 heteroatoms. The van der Waals surface area contributed by atoms with Crippen LogP contribution in [0.25, 0.3) is 0 Å². The second-order valence-electron chi connectivity index (χ2n) is 5.06. The molecule has 2 aromatic carbocycles. The molecular formula is C18H20N2O4. The van der Waals surface area contributed by atoms with E-state index in [0.29, 0.717) is 22.9 Å². The van der Waals surface area contributed by atoms with Crippen LogP contribution in [0, 0.1) is 0 Å². The molecule has 0 spiro atoms. The number of nitrogens with zero attached hydrogens (tertiary/aromatic N) is 1. The number of amides is 2. The van der Waals surface area contributed by atoms with Gasteiger partial charge in [0.05, 0.1) is 19.9 Å². The number of methoxy groups -OCH3 is 2. The lowest BCUT2D eigenvalue weighted by Crippen LogP contribution is -2.36. The van der Waals surface area contributed by atoms with E-state index in [1.165, 1.54) is 18.9 Å². The van der Waals surface area contributed by atoms with E-state index >= 15 is 0 Å². The maximum atomic E-state index is 12.3. The van der Waals surface area contributed by atoms with Crippen molar-refractivity contribution in [3.63, 3.8) is 0 Å². The summed E-state index contributed by atoms with van der Waals surface area (Å²) in [6.07, 6.45) is 0. The molecule has 0 aliphatic carbocycles. The average molecular weight is 328 g/mol. The lowest BCUT2D eigenvalue weighted by atomic mass is 10.2. The summed E-state index contributed by atoms with van der Waals surface area (Å²) in [5.74, 6) is 0.612. The van der Waals surface area contributed by atoms with Crippen molar-refractivity contribution in [2.75, 3.05) is 31.0 Å². The Bertz CT molecular complexity index is 730. The van der Waals surface area contributed by atoms with E-state index in [1.807, 2.05) is 6.07 Å². The first-order valence-electron chi connectivity index (χ1n) is 7.40. The zero-order chi connectivity index (χ0) is 17.5. The smallest absolute Gasteiger partial charge is 0.244 e. The van der Waals surface area contributed by atoms with E-state index in [9.17, 15) is 9.59 Å². The molecule has 2 amide bonds. The van der Waals surface area contributed by atoms with E-state index in [4.69, 9.17) is 9.47 Å². The van der Waals surface area contributed by atoms with Crippen LogP contribution >= 0.6 is 0 Å². The Morgan fingerprint density at radius 1 is 1.04 bits per heavy atom. The third-order valence-corrected chi connectivity index (χ3v) is 3.43. The Labute approximate surface area is 141 Å². The number of hydrogen-bond acceptors (Lipinski definition) is 4. The van der Waals surface area contributed by atoms with Crippen molar-refractivity contribution < 1.29 is 19.1 Å². The number of carbonyl (C=O) groups excluding carboxylic acids is 2. The SMILES string of the molecule is COc1cccc(N(CC(=O)Nc2ccccc2OC)C(C)=O)c1. The standard InChI is InChI=1S/C18H20N2O4/c1-13(21)20(14-7-6-8-15(11-14)23-2)12-18(22)19-16-9-4-5-10-17(16)24-3/h4-11H,12H2,1-3H3,(H,19,22). The molecule has 24 heavy (non-hydrogen) atoms. The molecule has 0 fully saturated rings. The van der Waals surface area contributed by atoms with Gasteiger partial charge in [0.25, 0.3) is 0 Å². The summed E-state index contributed by atoms with van der Waals surface area (Å²) in [5.41, 5.74) is 1.15. The first-order valence-corrected chi connectivity index (χ1v) is 7.40. The minimum absolute atomic E-state index is 0.111. The van der Waals surface area contributed by atoms with Crippen LogP contribution in [-0.2, 0) is 9.59 Å². The number of carbonyl (C=O) groups is 2. The summed E-state index contributed by atoms with van der Waals surface area (Å²) in [6.45, 7) is 1.30. The van der Waals surface area contributed by atoms with Gasteiger partial charge in [0, 0.05) is 18.7 Å². The molecule has 6 nitrogen and oxygen atoms in total. The van der Waals surface area contributed by atoms with Crippen molar-refractivity contribution in [3.8, 4) is 11.5 Å². The van der Waals surface area contributed by atoms with Gasteiger partial charge in [0.15, 0.2) is 0 Å². The zero-order valence-corrected chi connectivity index (χ0v) is 13.9. The lowest BCUT2D eigenvalue weighted by molar-refractivity contribution is -0.120. The summed E-state index contributed by atoms with van der Waals surface area (Å²) >= 11 is 0. The molecule has 2 aromatic rings. The van der Waals surface area contributed by atoms with Crippen LogP contribution in [0.4, 0.5) is 11.4 Å². The molecule has 0 unspecified atom stereocenters. The fourth-order valence-corrected chi connectivity index (χ4v) is 2.24. The van der Waals surface area contributed by atoms with E-state index in [-0.39, 0.29) is 18.4 Å². The Hall–Kier alpha value is -3.02. The minimum Gasteiger partial charge on any atom is -0.497 e. The average Bonchev–Trinajstić information content (AvgIpc) is 2.60. The van der Waals surface area contributed by atoms with E-state index in [2.05, 4.69) is 5.32 Å². The fourth-order valence-electron chi connectivity index (χ4n) is 2.24. The van der Waals surface area contributed by atoms with Crippen LogP contribution in [-0.4, -0.2) is 32.6 Å². The number of anilines is 2. The monoisotopic (exact) mass is 328 g/mol. The Morgan fingerprint density at radius 2 is 1.79 bits per heavy atom. The zero-order valence-electron chi connectivity index (χ0n) is 13.9. The van der Waals surface area contributed by atoms with Gasteiger partial charge in [-0.3, -0.25) is 9.59 Å². The Balaban J connectivity index is 2.15. The van der Waals surface area contributed by atoms with Crippen molar-refractivity contribution in [1.29, 1.82) is 0 Å². The van der Waals surface area contributed by atoms with Crippen LogP contribution in [0.1, 0.15) is 6.92 Å². The highest BCUT2D eigenvalue weighted by Gasteiger charge is 2.17. The van der Waals surface area contributed by atoms with Gasteiger partial charge in [0.2, 0.25) is 11.8 Å². The molecule has 0 aromatic heterocycles. The van der Waals surface area contributed by atoms with Gasteiger partial charge in [0.1, 0.15) is 18.0 Å². The van der Waals surface area contributed by atoms with Crippen LogP contribution in [0.3, 0.4) is 0 Å². The Morgan fingerprint density at radius 3 is 2.46 bits per heavy atom. The third kappa shape index (κ3) is 4.25. The maximum Gasteiger partial charge on any atom is 0.244 e. The topological polar surface area (TPSA) is 67.9 Å². The molecule has 1 N–H and O–H groups in total. The summed E-state index contributed by atoms with van der Waals surface area (Å²) in [6, 6.07) is 14.1. The van der Waals surface area contributed by atoms with Crippen molar-refractivity contribution in [2.24, 2.45) is 0 Å². The van der Waals surface area contributed by atoms with Crippen LogP contribution in [0.5, 0.6) is 11.5 Å². The van der Waals surface area contributed by atoms with Gasteiger partial charge in [-0.05, 0) is 24.3 Å². The first kappa shape index (κ1) is 17.3. The van der Waals surface area contributed by atoms with Gasteiger partial charge >= 0.3 is 0 Å². The van der Waals surface area contributed by atoms with E-state index < -0.39 is 0 Å². The maximum absolute atomic E-state index is 12.3. The summed E-state index contributed by atoms with van der Waals surface area (Å²) in [4.78, 5) is 25.6. The van der Waals surface area contributed by atoms with E-state index in [0.717, 1.165) is 0 Å². The molecule has 0 atom stereocenters.